The summed E-state index contributed by atoms with van der Waals surface area (Å²) in [5, 5.41) is 4.84. The highest BCUT2D eigenvalue weighted by molar-refractivity contribution is 6.99. The Bertz CT molecular complexity index is 2570. The molecular weight excluding hydrogens is 799 g/mol. The van der Waals surface area contributed by atoms with E-state index in [1.807, 2.05) is 54.6 Å². The number of ether oxygens (including phenoxy) is 3. The number of hydrogen-bond donors (Lipinski definition) is 1. The van der Waals surface area contributed by atoms with Gasteiger partial charge in [-0.15, -0.1) is 0 Å². The Morgan fingerprint density at radius 2 is 1.23 bits per heavy atom. The average Bonchev–Trinajstić information content (AvgIpc) is 3.89. The number of nitrogens with one attached hydrogen (secondary N) is 1. The van der Waals surface area contributed by atoms with Crippen LogP contribution < -0.4 is 15.7 Å². The van der Waals surface area contributed by atoms with Gasteiger partial charge in [-0.3, -0.25) is 9.36 Å². The molecule has 8 rings (SSSR count). The van der Waals surface area contributed by atoms with Crippen LogP contribution in [-0.4, -0.2) is 71.1 Å². The van der Waals surface area contributed by atoms with E-state index in [2.05, 4.69) is 65.3 Å². The Morgan fingerprint density at radius 1 is 0.694 bits per heavy atom. The van der Waals surface area contributed by atoms with Crippen molar-refractivity contribution in [3.05, 3.63) is 181 Å². The quantitative estimate of drug-likeness (QED) is 0.0857. The van der Waals surface area contributed by atoms with Gasteiger partial charge in [-0.2, -0.15) is 0 Å². The smallest absolute Gasteiger partial charge is 0.338 e. The zero-order chi connectivity index (χ0) is 43.1. The highest BCUT2D eigenvalue weighted by atomic mass is 28.4. The molecule has 7 aromatic rings. The summed E-state index contributed by atoms with van der Waals surface area (Å²) >= 11 is 0. The van der Waals surface area contributed by atoms with Crippen molar-refractivity contribution in [2.45, 2.75) is 50.7 Å². The van der Waals surface area contributed by atoms with Crippen molar-refractivity contribution in [3.8, 4) is 0 Å². The van der Waals surface area contributed by atoms with Crippen LogP contribution in [0, 0.1) is 5.92 Å². The third kappa shape index (κ3) is 8.68. The van der Waals surface area contributed by atoms with Crippen molar-refractivity contribution >= 4 is 53.5 Å². The summed E-state index contributed by atoms with van der Waals surface area (Å²) in [7, 11) is -2.95. The molecule has 1 N–H and O–H groups in total. The molecule has 12 nitrogen and oxygen atoms in total. The monoisotopic (exact) mass is 845 g/mol. The number of carbonyl (C=O) groups excluding carboxylic acids is 3. The minimum atomic E-state index is -2.95. The fourth-order valence-electron chi connectivity index (χ4n) is 8.22. The maximum Gasteiger partial charge on any atom is 0.338 e. The number of esters is 2. The first-order valence-corrected chi connectivity index (χ1v) is 22.5. The molecule has 0 unspecified atom stereocenters. The predicted octanol–water partition coefficient (Wildman–Crippen LogP) is 7.64. The standard InChI is InChI=1S/C49H47N5O7Si/c1-49(2,3)62(37-25-15-7-16-26-37,38-27-17-8-18-28-38)59-30-29-40-39(31-58-47(56)35-21-11-5-12-22-35)42(61-48(57)36-23-13-6-14-24-36)46(60-40)54-33-52-41-43(50-32-51-44(41)54)53-45(55)34-19-9-4-10-20-34/h4-28,32-33,39-40,42,46H,29-31H2,1-3H3,(H,50,51,53,55)/t39-,40-,42-,46-/m1/s1. The van der Waals surface area contributed by atoms with Gasteiger partial charge in [0.05, 0.1) is 29.5 Å². The number of rotatable bonds is 14. The molecule has 0 saturated carbocycles. The van der Waals surface area contributed by atoms with E-state index in [4.69, 9.17) is 18.6 Å². The van der Waals surface area contributed by atoms with Crippen LogP contribution in [0.15, 0.2) is 164 Å². The lowest BCUT2D eigenvalue weighted by atomic mass is 9.96. The number of carbonyl (C=O) groups is 3. The third-order valence-corrected chi connectivity index (χ3v) is 16.2. The van der Waals surface area contributed by atoms with Crippen LogP contribution in [0.2, 0.25) is 5.04 Å². The number of fused-ring (bicyclic) bond motifs is 1. The number of amides is 1. The molecule has 0 radical (unpaired) electrons. The van der Waals surface area contributed by atoms with Gasteiger partial charge < -0.3 is 24.0 Å². The second-order valence-electron chi connectivity index (χ2n) is 16.1. The van der Waals surface area contributed by atoms with E-state index in [9.17, 15) is 14.4 Å². The van der Waals surface area contributed by atoms with E-state index < -0.39 is 44.6 Å². The maximum atomic E-state index is 14.0. The normalized spacial score (nSPS) is 17.7. The van der Waals surface area contributed by atoms with Crippen molar-refractivity contribution < 1.29 is 33.0 Å². The number of hydrogen-bond acceptors (Lipinski definition) is 10. The topological polar surface area (TPSA) is 144 Å². The predicted molar refractivity (Wildman–Crippen MR) is 238 cm³/mol. The molecule has 1 aliphatic rings. The van der Waals surface area contributed by atoms with Crippen molar-refractivity contribution in [2.24, 2.45) is 5.92 Å². The molecule has 1 aliphatic heterocycles. The first-order chi connectivity index (χ1) is 30.1. The van der Waals surface area contributed by atoms with E-state index in [1.165, 1.54) is 12.7 Å². The Balaban J connectivity index is 1.16. The van der Waals surface area contributed by atoms with Gasteiger partial charge in [-0.05, 0) is 58.2 Å². The van der Waals surface area contributed by atoms with Crippen molar-refractivity contribution in [1.82, 2.24) is 19.5 Å². The Hall–Kier alpha value is -6.80. The molecule has 13 heteroatoms. The number of aromatic nitrogens is 4. The highest BCUT2D eigenvalue weighted by Crippen LogP contribution is 2.42. The van der Waals surface area contributed by atoms with Crippen LogP contribution in [0.4, 0.5) is 5.82 Å². The van der Waals surface area contributed by atoms with Gasteiger partial charge in [0.15, 0.2) is 29.3 Å². The molecule has 1 saturated heterocycles. The summed E-state index contributed by atoms with van der Waals surface area (Å²) in [6.07, 6.45) is 0.577. The summed E-state index contributed by atoms with van der Waals surface area (Å²) in [4.78, 5) is 54.2. The molecule has 3 heterocycles. The molecule has 0 bridgehead atoms. The lowest BCUT2D eigenvalue weighted by molar-refractivity contribution is -0.0497. The number of anilines is 1. The maximum absolute atomic E-state index is 14.0. The fraction of sp³-hybridized carbons (Fsp3) is 0.224. The van der Waals surface area contributed by atoms with E-state index in [0.717, 1.165) is 10.4 Å². The van der Waals surface area contributed by atoms with Gasteiger partial charge in [0.2, 0.25) is 0 Å². The van der Waals surface area contributed by atoms with Crippen LogP contribution in [0.3, 0.4) is 0 Å². The van der Waals surface area contributed by atoms with Gasteiger partial charge in [-0.1, -0.05) is 136 Å². The molecule has 1 amide bonds. The minimum Gasteiger partial charge on any atom is -0.462 e. The first-order valence-electron chi connectivity index (χ1n) is 20.6. The van der Waals surface area contributed by atoms with Gasteiger partial charge in [0.25, 0.3) is 14.2 Å². The van der Waals surface area contributed by atoms with Crippen molar-refractivity contribution in [2.75, 3.05) is 18.5 Å². The van der Waals surface area contributed by atoms with Crippen molar-refractivity contribution in [3.63, 3.8) is 0 Å². The van der Waals surface area contributed by atoms with E-state index in [0.29, 0.717) is 34.3 Å². The molecule has 1 fully saturated rings. The van der Waals surface area contributed by atoms with Crippen LogP contribution in [0.5, 0.6) is 0 Å². The summed E-state index contributed by atoms with van der Waals surface area (Å²) in [6, 6.07) is 46.9. The van der Waals surface area contributed by atoms with E-state index >= 15 is 0 Å². The van der Waals surface area contributed by atoms with Crippen LogP contribution in [0.25, 0.3) is 11.2 Å². The van der Waals surface area contributed by atoms with Gasteiger partial charge in [0.1, 0.15) is 12.9 Å². The Morgan fingerprint density at radius 3 is 1.79 bits per heavy atom. The number of imidazole rings is 1. The van der Waals surface area contributed by atoms with Crippen molar-refractivity contribution in [1.29, 1.82) is 0 Å². The summed E-state index contributed by atoms with van der Waals surface area (Å²) in [5.74, 6) is -1.94. The Kier molecular flexibility index (Phi) is 12.5. The third-order valence-electron chi connectivity index (χ3n) is 11.2. The zero-order valence-electron chi connectivity index (χ0n) is 34.7. The molecule has 5 aromatic carbocycles. The first kappa shape index (κ1) is 41.9. The second kappa shape index (κ2) is 18.4. The molecule has 4 atom stereocenters. The SMILES string of the molecule is CC(C)(C)[Si](OCC[C@H]1O[C@@H](n2cnc3c(NC(=O)c4ccccc4)ncnc32)[C@H](OC(=O)c2ccccc2)[C@@H]1COC(=O)c1ccccc1)(c1ccccc1)c1ccccc1. The molecule has 62 heavy (non-hydrogen) atoms. The number of nitrogens with zero attached hydrogens (tertiary/aromatic N) is 4. The Labute approximate surface area is 361 Å². The van der Waals surface area contributed by atoms with Crippen LogP contribution in [0.1, 0.15) is 64.5 Å². The van der Waals surface area contributed by atoms with E-state index in [1.54, 1.807) is 77.4 Å². The summed E-state index contributed by atoms with van der Waals surface area (Å²) in [5.41, 5.74) is 1.81. The molecule has 2 aromatic heterocycles. The molecule has 314 valence electrons. The largest absolute Gasteiger partial charge is 0.462 e. The molecule has 0 aliphatic carbocycles. The molecular formula is C49H47N5O7Si. The minimum absolute atomic E-state index is 0.138. The van der Waals surface area contributed by atoms with Crippen LogP contribution >= 0.6 is 0 Å². The van der Waals surface area contributed by atoms with E-state index in [-0.39, 0.29) is 30.0 Å². The zero-order valence-corrected chi connectivity index (χ0v) is 35.7. The fourth-order valence-corrected chi connectivity index (χ4v) is 12.8. The highest BCUT2D eigenvalue weighted by Gasteiger charge is 2.52. The second-order valence-corrected chi connectivity index (χ2v) is 20.4. The summed E-state index contributed by atoms with van der Waals surface area (Å²) < 4.78 is 28.4. The number of benzene rings is 5. The van der Waals surface area contributed by atoms with Gasteiger partial charge in [0, 0.05) is 12.2 Å². The molecule has 0 spiro atoms. The lowest BCUT2D eigenvalue weighted by Crippen LogP contribution is -2.66. The lowest BCUT2D eigenvalue weighted by Gasteiger charge is -2.43. The van der Waals surface area contributed by atoms with Crippen LogP contribution in [-0.2, 0) is 18.6 Å². The van der Waals surface area contributed by atoms with Gasteiger partial charge in [-0.25, -0.2) is 24.5 Å². The van der Waals surface area contributed by atoms with Gasteiger partial charge >= 0.3 is 11.9 Å². The average molecular weight is 846 g/mol. The summed E-state index contributed by atoms with van der Waals surface area (Å²) in [6.45, 7) is 6.79.